The van der Waals surface area contributed by atoms with Gasteiger partial charge in [-0.3, -0.25) is 9.59 Å². The quantitative estimate of drug-likeness (QED) is 0.559. The van der Waals surface area contributed by atoms with Gasteiger partial charge in [-0.2, -0.15) is 0 Å². The third kappa shape index (κ3) is 2.79. The summed E-state index contributed by atoms with van der Waals surface area (Å²) in [4.78, 5) is 23.5. The molecule has 4 nitrogen and oxygen atoms in total. The molecule has 2 amide bonds. The Balaban J connectivity index is 1.96. The highest BCUT2D eigenvalue weighted by atomic mass is 16.1. The number of hydrogen-bond donors (Lipinski definition) is 2. The van der Waals surface area contributed by atoms with Crippen LogP contribution in [0.25, 0.3) is 32.7 Å². The van der Waals surface area contributed by atoms with Crippen LogP contribution in [0, 0.1) is 0 Å². The highest BCUT2D eigenvalue weighted by molar-refractivity contribution is 6.09. The maximum absolute atomic E-state index is 11.8. The number of amides is 2. The largest absolute Gasteiger partial charge is 0.366 e. The van der Waals surface area contributed by atoms with Crippen LogP contribution in [0.1, 0.15) is 33.2 Å². The van der Waals surface area contributed by atoms with Crippen LogP contribution in [0.3, 0.4) is 0 Å². The van der Waals surface area contributed by atoms with Crippen molar-refractivity contribution in [1.82, 2.24) is 0 Å². The molecule has 0 aliphatic rings. The standard InChI is InChI=1S/C24H20N2O2/c1-2-16-17(11-12-20-19(16)6-4-8-22(20)24(26)28)15-9-10-18-14(13-15)5-3-7-21(18)23(25)27/h3-13H,2H2,1H3,(H2,25,27)(H2,26,28). The van der Waals surface area contributed by atoms with E-state index in [1.807, 2.05) is 48.5 Å². The number of primary amides is 2. The van der Waals surface area contributed by atoms with Gasteiger partial charge in [0.05, 0.1) is 0 Å². The Hall–Kier alpha value is -3.66. The van der Waals surface area contributed by atoms with Gasteiger partial charge in [-0.1, -0.05) is 55.5 Å². The van der Waals surface area contributed by atoms with Gasteiger partial charge < -0.3 is 11.5 Å². The summed E-state index contributed by atoms with van der Waals surface area (Å²) in [6.07, 6.45) is 0.814. The second-order valence-corrected chi connectivity index (χ2v) is 6.82. The predicted molar refractivity (Wildman–Crippen MR) is 113 cm³/mol. The van der Waals surface area contributed by atoms with E-state index in [0.717, 1.165) is 44.7 Å². The van der Waals surface area contributed by atoms with Crippen LogP contribution >= 0.6 is 0 Å². The van der Waals surface area contributed by atoms with E-state index in [-0.39, 0.29) is 0 Å². The van der Waals surface area contributed by atoms with E-state index >= 15 is 0 Å². The number of carbonyl (C=O) groups is 2. The van der Waals surface area contributed by atoms with Crippen molar-refractivity contribution in [3.8, 4) is 11.1 Å². The monoisotopic (exact) mass is 368 g/mol. The summed E-state index contributed by atoms with van der Waals surface area (Å²) in [5.41, 5.74) is 15.4. The van der Waals surface area contributed by atoms with Crippen LogP contribution in [-0.4, -0.2) is 11.8 Å². The smallest absolute Gasteiger partial charge is 0.249 e. The minimum Gasteiger partial charge on any atom is -0.366 e. The van der Waals surface area contributed by atoms with Gasteiger partial charge in [0, 0.05) is 11.1 Å². The fraction of sp³-hybridized carbons (Fsp3) is 0.0833. The van der Waals surface area contributed by atoms with Crippen LogP contribution in [0.15, 0.2) is 66.7 Å². The van der Waals surface area contributed by atoms with Crippen LogP contribution in [0.5, 0.6) is 0 Å². The van der Waals surface area contributed by atoms with Gasteiger partial charge in [0.25, 0.3) is 0 Å². The van der Waals surface area contributed by atoms with Crippen LogP contribution in [-0.2, 0) is 6.42 Å². The molecule has 0 aromatic heterocycles. The summed E-state index contributed by atoms with van der Waals surface area (Å²) >= 11 is 0. The molecule has 4 N–H and O–H groups in total. The normalized spacial score (nSPS) is 11.0. The van der Waals surface area contributed by atoms with Crippen molar-refractivity contribution in [1.29, 1.82) is 0 Å². The van der Waals surface area contributed by atoms with E-state index in [1.54, 1.807) is 12.1 Å². The third-order valence-electron chi connectivity index (χ3n) is 5.25. The van der Waals surface area contributed by atoms with Crippen molar-refractivity contribution >= 4 is 33.4 Å². The first-order valence-electron chi connectivity index (χ1n) is 9.18. The highest BCUT2D eigenvalue weighted by Gasteiger charge is 2.14. The molecule has 4 aromatic carbocycles. The fourth-order valence-corrected chi connectivity index (χ4v) is 3.95. The zero-order valence-corrected chi connectivity index (χ0v) is 15.5. The summed E-state index contributed by atoms with van der Waals surface area (Å²) in [6.45, 7) is 2.10. The van der Waals surface area contributed by atoms with Gasteiger partial charge in [0.2, 0.25) is 11.8 Å². The number of benzene rings is 4. The Kier molecular flexibility index (Phi) is 4.32. The maximum Gasteiger partial charge on any atom is 0.249 e. The Labute approximate surface area is 162 Å². The molecule has 4 rings (SSSR count). The fourth-order valence-electron chi connectivity index (χ4n) is 3.95. The van der Waals surface area contributed by atoms with Crippen molar-refractivity contribution in [2.75, 3.05) is 0 Å². The summed E-state index contributed by atoms with van der Waals surface area (Å²) in [5.74, 6) is -0.859. The minimum atomic E-state index is -0.433. The van der Waals surface area contributed by atoms with E-state index in [1.165, 1.54) is 0 Å². The minimum absolute atomic E-state index is 0.426. The molecule has 0 atom stereocenters. The van der Waals surface area contributed by atoms with E-state index < -0.39 is 11.8 Å². The average Bonchev–Trinajstić information content (AvgIpc) is 2.71. The van der Waals surface area contributed by atoms with Gasteiger partial charge in [0.1, 0.15) is 0 Å². The topological polar surface area (TPSA) is 86.2 Å². The molecule has 0 saturated heterocycles. The third-order valence-corrected chi connectivity index (χ3v) is 5.25. The first-order chi connectivity index (χ1) is 13.5. The molecule has 0 aliphatic heterocycles. The zero-order chi connectivity index (χ0) is 19.8. The van der Waals surface area contributed by atoms with Crippen molar-refractivity contribution in [2.45, 2.75) is 13.3 Å². The second-order valence-electron chi connectivity index (χ2n) is 6.82. The van der Waals surface area contributed by atoms with E-state index in [0.29, 0.717) is 11.1 Å². The SMILES string of the molecule is CCc1c(-c2ccc3c(C(N)=O)cccc3c2)ccc2c(C(N)=O)cccc12. The lowest BCUT2D eigenvalue weighted by atomic mass is 9.89. The number of nitrogens with two attached hydrogens (primary N) is 2. The Morgan fingerprint density at radius 2 is 1.39 bits per heavy atom. The van der Waals surface area contributed by atoms with E-state index in [9.17, 15) is 9.59 Å². The van der Waals surface area contributed by atoms with Crippen molar-refractivity contribution in [3.63, 3.8) is 0 Å². The van der Waals surface area contributed by atoms with Gasteiger partial charge in [-0.25, -0.2) is 0 Å². The molecule has 0 unspecified atom stereocenters. The molecule has 0 heterocycles. The van der Waals surface area contributed by atoms with Crippen LogP contribution < -0.4 is 11.5 Å². The average molecular weight is 368 g/mol. The van der Waals surface area contributed by atoms with E-state index in [4.69, 9.17) is 11.5 Å². The number of carbonyl (C=O) groups excluding carboxylic acids is 2. The number of aryl methyl sites for hydroxylation is 1. The lowest BCUT2D eigenvalue weighted by Gasteiger charge is -2.14. The number of hydrogen-bond acceptors (Lipinski definition) is 2. The molecule has 0 fully saturated rings. The second kappa shape index (κ2) is 6.82. The number of rotatable bonds is 4. The van der Waals surface area contributed by atoms with Gasteiger partial charge in [-0.05, 0) is 62.9 Å². The molecular weight excluding hydrogens is 348 g/mol. The lowest BCUT2D eigenvalue weighted by Crippen LogP contribution is -2.11. The number of fused-ring (bicyclic) bond motifs is 2. The molecule has 28 heavy (non-hydrogen) atoms. The molecule has 4 aromatic rings. The molecule has 4 heteroatoms. The van der Waals surface area contributed by atoms with Crippen molar-refractivity contribution in [2.24, 2.45) is 11.5 Å². The summed E-state index contributed by atoms with van der Waals surface area (Å²) in [7, 11) is 0. The van der Waals surface area contributed by atoms with Gasteiger partial charge >= 0.3 is 0 Å². The molecule has 0 aliphatic carbocycles. The maximum atomic E-state index is 11.8. The molecule has 0 bridgehead atoms. The van der Waals surface area contributed by atoms with Crippen LogP contribution in [0.4, 0.5) is 0 Å². The Morgan fingerprint density at radius 3 is 2.07 bits per heavy atom. The molecular formula is C24H20N2O2. The van der Waals surface area contributed by atoms with Gasteiger partial charge in [0.15, 0.2) is 0 Å². The Morgan fingerprint density at radius 1 is 0.750 bits per heavy atom. The van der Waals surface area contributed by atoms with E-state index in [2.05, 4.69) is 13.0 Å². The first kappa shape index (κ1) is 17.7. The summed E-state index contributed by atoms with van der Waals surface area (Å²) < 4.78 is 0. The zero-order valence-electron chi connectivity index (χ0n) is 15.5. The molecule has 0 radical (unpaired) electrons. The van der Waals surface area contributed by atoms with Gasteiger partial charge in [-0.15, -0.1) is 0 Å². The molecule has 138 valence electrons. The molecule has 0 spiro atoms. The van der Waals surface area contributed by atoms with Crippen molar-refractivity contribution < 1.29 is 9.59 Å². The highest BCUT2D eigenvalue weighted by Crippen LogP contribution is 2.34. The lowest BCUT2D eigenvalue weighted by molar-refractivity contribution is 0.0993. The molecule has 0 saturated carbocycles. The van der Waals surface area contributed by atoms with Crippen LogP contribution in [0.2, 0.25) is 0 Å². The van der Waals surface area contributed by atoms with Crippen molar-refractivity contribution in [3.05, 3.63) is 83.4 Å². The first-order valence-corrected chi connectivity index (χ1v) is 9.18. The predicted octanol–water partition coefficient (Wildman–Crippen LogP) is 4.42. The Bertz CT molecular complexity index is 1260. The summed E-state index contributed by atoms with van der Waals surface area (Å²) in [5, 5.41) is 3.70. The summed E-state index contributed by atoms with van der Waals surface area (Å²) in [6, 6.07) is 21.2.